The maximum atomic E-state index is 13.4. The molecule has 35 heavy (non-hydrogen) atoms. The van der Waals surface area contributed by atoms with Crippen molar-refractivity contribution in [2.75, 3.05) is 0 Å². The topological polar surface area (TPSA) is 86.3 Å². The Hall–Kier alpha value is -3.56. The first kappa shape index (κ1) is 21.9. The van der Waals surface area contributed by atoms with Gasteiger partial charge in [-0.15, -0.1) is 11.3 Å². The van der Waals surface area contributed by atoms with Gasteiger partial charge in [0.1, 0.15) is 11.2 Å². The molecule has 0 saturated carbocycles. The van der Waals surface area contributed by atoms with Crippen molar-refractivity contribution in [3.05, 3.63) is 93.0 Å². The number of aryl methyl sites for hydroxylation is 3. The quantitative estimate of drug-likeness (QED) is 0.333. The lowest BCUT2D eigenvalue weighted by Gasteiger charge is -2.09. The van der Waals surface area contributed by atoms with E-state index in [1.54, 1.807) is 53.9 Å². The molecule has 176 valence electrons. The summed E-state index contributed by atoms with van der Waals surface area (Å²) in [7, 11) is -3.81. The second-order valence-corrected chi connectivity index (χ2v) is 11.6. The van der Waals surface area contributed by atoms with Crippen LogP contribution in [-0.2, 0) is 22.9 Å². The van der Waals surface area contributed by atoms with Gasteiger partial charge in [-0.3, -0.25) is 4.79 Å². The van der Waals surface area contributed by atoms with E-state index in [4.69, 9.17) is 0 Å². The number of thiophene rings is 1. The summed E-state index contributed by atoms with van der Waals surface area (Å²) < 4.78 is 29.3. The van der Waals surface area contributed by atoms with E-state index < -0.39 is 10.0 Å². The van der Waals surface area contributed by atoms with Crippen molar-refractivity contribution in [2.45, 2.75) is 37.5 Å². The van der Waals surface area contributed by atoms with E-state index in [2.05, 4.69) is 10.1 Å². The Kier molecular flexibility index (Phi) is 5.19. The zero-order valence-corrected chi connectivity index (χ0v) is 20.6. The molecule has 0 bridgehead atoms. The van der Waals surface area contributed by atoms with Crippen molar-refractivity contribution in [3.63, 3.8) is 0 Å². The Bertz CT molecular complexity index is 1790. The van der Waals surface area contributed by atoms with Crippen molar-refractivity contribution in [3.8, 4) is 0 Å². The van der Waals surface area contributed by atoms with Gasteiger partial charge in [-0.2, -0.15) is 9.78 Å². The molecule has 0 saturated heterocycles. The molecule has 3 aromatic heterocycles. The lowest BCUT2D eigenvalue weighted by atomic mass is 9.97. The van der Waals surface area contributed by atoms with Gasteiger partial charge < -0.3 is 0 Å². The third kappa shape index (κ3) is 3.62. The van der Waals surface area contributed by atoms with E-state index in [0.717, 1.165) is 47.0 Å². The van der Waals surface area contributed by atoms with E-state index in [9.17, 15) is 13.2 Å². The molecule has 3 heterocycles. The number of para-hydroxylation sites is 1. The molecule has 0 fully saturated rings. The lowest BCUT2D eigenvalue weighted by Crippen LogP contribution is -2.18. The van der Waals surface area contributed by atoms with Crippen LogP contribution in [0, 0.1) is 6.92 Å². The highest BCUT2D eigenvalue weighted by Crippen LogP contribution is 2.33. The van der Waals surface area contributed by atoms with Gasteiger partial charge in [0.2, 0.25) is 0 Å². The molecule has 7 nitrogen and oxygen atoms in total. The maximum Gasteiger partial charge on any atom is 0.282 e. The fraction of sp³-hybridized carbons (Fsp3) is 0.192. The SMILES string of the molecule is Cc1ccc(S(=O)(=O)n2cc(/C=N/n3cnc4sc5c(c4c3=O)CCCC5)c3ccccc32)cc1. The number of rotatable bonds is 4. The summed E-state index contributed by atoms with van der Waals surface area (Å²) >= 11 is 1.60. The van der Waals surface area contributed by atoms with Gasteiger partial charge in [0, 0.05) is 22.0 Å². The van der Waals surface area contributed by atoms with Crippen LogP contribution in [0.2, 0.25) is 0 Å². The third-order valence-corrected chi connectivity index (χ3v) is 9.35. The van der Waals surface area contributed by atoms with Gasteiger partial charge in [0.25, 0.3) is 15.6 Å². The van der Waals surface area contributed by atoms with Gasteiger partial charge in [-0.05, 0) is 56.4 Å². The van der Waals surface area contributed by atoms with Crippen molar-refractivity contribution >= 4 is 48.7 Å². The molecule has 5 aromatic rings. The molecule has 9 heteroatoms. The summed E-state index contributed by atoms with van der Waals surface area (Å²) in [6, 6.07) is 14.0. The Labute approximate surface area is 206 Å². The Balaban J connectivity index is 1.45. The molecule has 0 spiro atoms. The highest BCUT2D eigenvalue weighted by molar-refractivity contribution is 7.90. The van der Waals surface area contributed by atoms with E-state index in [1.807, 2.05) is 19.1 Å². The number of hydrogen-bond donors (Lipinski definition) is 0. The highest BCUT2D eigenvalue weighted by Gasteiger charge is 2.22. The smallest absolute Gasteiger partial charge is 0.267 e. The largest absolute Gasteiger partial charge is 0.282 e. The van der Waals surface area contributed by atoms with Crippen molar-refractivity contribution in [1.29, 1.82) is 0 Å². The first-order chi connectivity index (χ1) is 16.9. The molecule has 2 aromatic carbocycles. The van der Waals surface area contributed by atoms with Gasteiger partial charge in [-0.25, -0.2) is 17.4 Å². The summed E-state index contributed by atoms with van der Waals surface area (Å²) in [6.45, 7) is 1.91. The fourth-order valence-corrected chi connectivity index (χ4v) is 7.24. The summed E-state index contributed by atoms with van der Waals surface area (Å²) in [5.41, 5.74) is 3.04. The van der Waals surface area contributed by atoms with Crippen molar-refractivity contribution in [2.24, 2.45) is 5.10 Å². The maximum absolute atomic E-state index is 13.4. The van der Waals surface area contributed by atoms with Crippen LogP contribution in [0.25, 0.3) is 21.1 Å². The molecule has 0 aliphatic heterocycles. The van der Waals surface area contributed by atoms with Crippen LogP contribution < -0.4 is 5.56 Å². The minimum atomic E-state index is -3.81. The molecule has 1 aliphatic rings. The number of aromatic nitrogens is 3. The molecule has 6 rings (SSSR count). The fourth-order valence-electron chi connectivity index (χ4n) is 4.64. The Morgan fingerprint density at radius 2 is 1.83 bits per heavy atom. The number of nitrogens with zero attached hydrogens (tertiary/aromatic N) is 4. The first-order valence-corrected chi connectivity index (χ1v) is 13.7. The summed E-state index contributed by atoms with van der Waals surface area (Å²) in [6.07, 6.45) is 8.61. The van der Waals surface area contributed by atoms with Crippen LogP contribution in [0.15, 0.2) is 75.8 Å². The van der Waals surface area contributed by atoms with Gasteiger partial charge in [0.15, 0.2) is 0 Å². The molecule has 1 aliphatic carbocycles. The molecule has 0 N–H and O–H groups in total. The third-order valence-electron chi connectivity index (χ3n) is 6.47. The first-order valence-electron chi connectivity index (χ1n) is 11.4. The second-order valence-electron chi connectivity index (χ2n) is 8.75. The normalized spacial score (nSPS) is 14.2. The van der Waals surface area contributed by atoms with E-state index >= 15 is 0 Å². The van der Waals surface area contributed by atoms with Gasteiger partial charge in [-0.1, -0.05) is 35.9 Å². The van der Waals surface area contributed by atoms with E-state index in [-0.39, 0.29) is 10.5 Å². The van der Waals surface area contributed by atoms with Crippen LogP contribution in [0.5, 0.6) is 0 Å². The van der Waals surface area contributed by atoms with E-state index in [1.165, 1.54) is 26.1 Å². The predicted molar refractivity (Wildman–Crippen MR) is 139 cm³/mol. The predicted octanol–water partition coefficient (Wildman–Crippen LogP) is 4.72. The number of fused-ring (bicyclic) bond motifs is 4. The summed E-state index contributed by atoms with van der Waals surface area (Å²) in [5.74, 6) is 0. The summed E-state index contributed by atoms with van der Waals surface area (Å²) in [4.78, 5) is 19.9. The molecule has 0 radical (unpaired) electrons. The Morgan fingerprint density at radius 3 is 2.66 bits per heavy atom. The highest BCUT2D eigenvalue weighted by atomic mass is 32.2. The number of benzene rings is 2. The average molecular weight is 503 g/mol. The standard InChI is InChI=1S/C26H22N4O3S2/c1-17-10-12-19(13-11-17)35(32,33)30-15-18(20-6-2-4-8-22(20)30)14-28-29-16-27-25-24(26(29)31)21-7-3-5-9-23(21)34-25/h2,4,6,8,10-16H,3,5,7,9H2,1H3/b28-14+. The van der Waals surface area contributed by atoms with Crippen molar-refractivity contribution < 1.29 is 8.42 Å². The zero-order valence-electron chi connectivity index (χ0n) is 19.0. The minimum Gasteiger partial charge on any atom is -0.267 e. The van der Waals surface area contributed by atoms with Crippen LogP contribution in [0.1, 0.15) is 34.4 Å². The average Bonchev–Trinajstić information content (AvgIpc) is 3.43. The molecule has 0 amide bonds. The lowest BCUT2D eigenvalue weighted by molar-refractivity contribution is 0.589. The van der Waals surface area contributed by atoms with Crippen LogP contribution in [-0.4, -0.2) is 28.3 Å². The van der Waals surface area contributed by atoms with Crippen LogP contribution >= 0.6 is 11.3 Å². The molecule has 0 atom stereocenters. The van der Waals surface area contributed by atoms with Gasteiger partial charge >= 0.3 is 0 Å². The van der Waals surface area contributed by atoms with Crippen LogP contribution in [0.4, 0.5) is 0 Å². The zero-order chi connectivity index (χ0) is 24.2. The molecular formula is C26H22N4O3S2. The van der Waals surface area contributed by atoms with Gasteiger partial charge in [0.05, 0.1) is 22.0 Å². The van der Waals surface area contributed by atoms with Crippen molar-refractivity contribution in [1.82, 2.24) is 13.6 Å². The van der Waals surface area contributed by atoms with E-state index in [0.29, 0.717) is 16.5 Å². The summed E-state index contributed by atoms with van der Waals surface area (Å²) in [5, 5.41) is 5.78. The second kappa shape index (κ2) is 8.28. The van der Waals surface area contributed by atoms with Crippen LogP contribution in [0.3, 0.4) is 0 Å². The monoisotopic (exact) mass is 502 g/mol. The number of hydrogen-bond acceptors (Lipinski definition) is 6. The Morgan fingerprint density at radius 1 is 1.06 bits per heavy atom. The molecule has 0 unspecified atom stereocenters. The minimum absolute atomic E-state index is 0.193. The molecular weight excluding hydrogens is 480 g/mol.